The van der Waals surface area contributed by atoms with Gasteiger partial charge in [-0.1, -0.05) is 49.7 Å². The summed E-state index contributed by atoms with van der Waals surface area (Å²) < 4.78 is 0. The summed E-state index contributed by atoms with van der Waals surface area (Å²) in [7, 11) is 0. The SMILES string of the molecule is C=CNc1nc(Cl)nc(-c2ccncc2)c1-c1ccc(Cl)c(Cl)c1.CC. The van der Waals surface area contributed by atoms with Gasteiger partial charge in [-0.15, -0.1) is 0 Å². The topological polar surface area (TPSA) is 50.7 Å². The van der Waals surface area contributed by atoms with Gasteiger partial charge in [-0.3, -0.25) is 4.98 Å². The summed E-state index contributed by atoms with van der Waals surface area (Å²) in [6.45, 7) is 7.68. The van der Waals surface area contributed by atoms with Crippen molar-refractivity contribution in [1.29, 1.82) is 0 Å². The van der Waals surface area contributed by atoms with Gasteiger partial charge >= 0.3 is 0 Å². The maximum absolute atomic E-state index is 6.17. The minimum absolute atomic E-state index is 0.120. The highest BCUT2D eigenvalue weighted by Crippen LogP contribution is 2.38. The van der Waals surface area contributed by atoms with E-state index in [2.05, 4.69) is 26.8 Å². The maximum atomic E-state index is 6.17. The molecule has 26 heavy (non-hydrogen) atoms. The van der Waals surface area contributed by atoms with Gasteiger partial charge in [0.25, 0.3) is 0 Å². The Morgan fingerprint density at radius 1 is 0.923 bits per heavy atom. The molecule has 0 bridgehead atoms. The molecule has 1 aromatic carbocycles. The molecule has 2 heterocycles. The minimum Gasteiger partial charge on any atom is -0.347 e. The van der Waals surface area contributed by atoms with Crippen LogP contribution in [0.2, 0.25) is 15.3 Å². The zero-order valence-corrected chi connectivity index (χ0v) is 16.6. The largest absolute Gasteiger partial charge is 0.347 e. The average molecular weight is 408 g/mol. The Labute approximate surface area is 167 Å². The van der Waals surface area contributed by atoms with Gasteiger partial charge in [-0.05, 0) is 47.6 Å². The van der Waals surface area contributed by atoms with Gasteiger partial charge < -0.3 is 5.32 Å². The molecule has 0 aliphatic carbocycles. The second-order valence-corrected chi connectivity index (χ2v) is 5.93. The Hall–Kier alpha value is -2.14. The maximum Gasteiger partial charge on any atom is 0.224 e. The van der Waals surface area contributed by atoms with Crippen LogP contribution in [0.4, 0.5) is 5.82 Å². The number of pyridine rings is 1. The standard InChI is InChI=1S/C17H11Cl3N4.C2H6/c1-2-22-16-14(11-3-4-12(18)13(19)9-11)15(23-17(20)24-16)10-5-7-21-8-6-10;1-2/h2-9H,1H2,(H,22,23,24);1-2H3. The first-order valence-corrected chi connectivity index (χ1v) is 9.04. The minimum atomic E-state index is 0.120. The van der Waals surface area contributed by atoms with Crippen molar-refractivity contribution in [3.05, 3.63) is 70.8 Å². The van der Waals surface area contributed by atoms with E-state index >= 15 is 0 Å². The van der Waals surface area contributed by atoms with E-state index in [-0.39, 0.29) is 5.28 Å². The third kappa shape index (κ3) is 4.52. The molecule has 0 amide bonds. The molecule has 3 rings (SSSR count). The summed E-state index contributed by atoms with van der Waals surface area (Å²) in [6.07, 6.45) is 4.89. The fourth-order valence-corrected chi connectivity index (χ4v) is 2.75. The average Bonchev–Trinajstić information content (AvgIpc) is 2.66. The van der Waals surface area contributed by atoms with Crippen molar-refractivity contribution in [2.45, 2.75) is 13.8 Å². The summed E-state index contributed by atoms with van der Waals surface area (Å²) in [5.41, 5.74) is 3.05. The molecule has 2 aromatic heterocycles. The van der Waals surface area contributed by atoms with Gasteiger partial charge in [0.1, 0.15) is 5.82 Å². The molecule has 0 atom stereocenters. The van der Waals surface area contributed by atoms with Crippen molar-refractivity contribution in [1.82, 2.24) is 15.0 Å². The highest BCUT2D eigenvalue weighted by atomic mass is 35.5. The summed E-state index contributed by atoms with van der Waals surface area (Å²) >= 11 is 18.3. The van der Waals surface area contributed by atoms with Gasteiger partial charge in [0, 0.05) is 18.0 Å². The van der Waals surface area contributed by atoms with E-state index < -0.39 is 0 Å². The number of aromatic nitrogens is 3. The van der Waals surface area contributed by atoms with Gasteiger partial charge in [-0.2, -0.15) is 4.98 Å². The summed E-state index contributed by atoms with van der Waals surface area (Å²) in [5, 5.41) is 4.03. The molecule has 0 unspecified atom stereocenters. The molecule has 134 valence electrons. The Bertz CT molecular complexity index is 899. The number of benzene rings is 1. The molecule has 4 nitrogen and oxygen atoms in total. The van der Waals surface area contributed by atoms with Crippen LogP contribution in [-0.2, 0) is 0 Å². The third-order valence-corrected chi connectivity index (χ3v) is 4.19. The number of anilines is 1. The highest BCUT2D eigenvalue weighted by Gasteiger charge is 2.17. The van der Waals surface area contributed by atoms with Crippen LogP contribution in [0.15, 0.2) is 55.5 Å². The van der Waals surface area contributed by atoms with E-state index in [1.165, 1.54) is 6.20 Å². The second kappa shape index (κ2) is 9.53. The first-order chi connectivity index (χ1) is 12.6. The lowest BCUT2D eigenvalue weighted by atomic mass is 10.0. The van der Waals surface area contributed by atoms with E-state index in [0.29, 0.717) is 21.6 Å². The smallest absolute Gasteiger partial charge is 0.224 e. The number of nitrogens with zero attached hydrogens (tertiary/aromatic N) is 3. The van der Waals surface area contributed by atoms with Gasteiger partial charge in [0.15, 0.2) is 0 Å². The van der Waals surface area contributed by atoms with Gasteiger partial charge in [0.05, 0.1) is 21.3 Å². The van der Waals surface area contributed by atoms with Crippen molar-refractivity contribution in [2.75, 3.05) is 5.32 Å². The summed E-state index contributed by atoms with van der Waals surface area (Å²) in [4.78, 5) is 12.7. The molecule has 0 radical (unpaired) electrons. The molecule has 0 saturated carbocycles. The van der Waals surface area contributed by atoms with Crippen LogP contribution in [0.1, 0.15) is 13.8 Å². The number of nitrogens with one attached hydrogen (secondary N) is 1. The highest BCUT2D eigenvalue weighted by molar-refractivity contribution is 6.42. The predicted octanol–water partition coefficient (Wildman–Crippen LogP) is 6.75. The molecule has 3 aromatic rings. The predicted molar refractivity (Wildman–Crippen MR) is 111 cm³/mol. The fraction of sp³-hybridized carbons (Fsp3) is 0.105. The molecular weight excluding hydrogens is 391 g/mol. The molecular formula is C19H17Cl3N4. The number of hydrogen-bond acceptors (Lipinski definition) is 4. The van der Waals surface area contributed by atoms with Crippen molar-refractivity contribution in [3.63, 3.8) is 0 Å². The van der Waals surface area contributed by atoms with Gasteiger partial charge in [0.2, 0.25) is 5.28 Å². The number of rotatable bonds is 4. The Balaban J connectivity index is 0.00000117. The second-order valence-electron chi connectivity index (χ2n) is 4.78. The molecule has 7 heteroatoms. The van der Waals surface area contributed by atoms with E-state index in [9.17, 15) is 0 Å². The quantitative estimate of drug-likeness (QED) is 0.486. The van der Waals surface area contributed by atoms with Crippen molar-refractivity contribution >= 4 is 40.6 Å². The summed E-state index contributed by atoms with van der Waals surface area (Å²) in [5.74, 6) is 0.523. The Morgan fingerprint density at radius 3 is 2.23 bits per heavy atom. The normalized spacial score (nSPS) is 9.88. The zero-order valence-electron chi connectivity index (χ0n) is 14.3. The molecule has 0 saturated heterocycles. The number of halogens is 3. The third-order valence-electron chi connectivity index (χ3n) is 3.28. The van der Waals surface area contributed by atoms with Crippen LogP contribution in [0, 0.1) is 0 Å². The fourth-order valence-electron chi connectivity index (χ4n) is 2.28. The lowest BCUT2D eigenvalue weighted by molar-refractivity contribution is 1.17. The van der Waals surface area contributed by atoms with E-state index in [1.54, 1.807) is 24.5 Å². The molecule has 0 aliphatic heterocycles. The van der Waals surface area contributed by atoms with Crippen LogP contribution in [-0.4, -0.2) is 15.0 Å². The van der Waals surface area contributed by atoms with E-state index in [4.69, 9.17) is 34.8 Å². The summed E-state index contributed by atoms with van der Waals surface area (Å²) in [6, 6.07) is 9.02. The van der Waals surface area contributed by atoms with Crippen molar-refractivity contribution < 1.29 is 0 Å². The Kier molecular flexibility index (Phi) is 7.39. The molecule has 0 spiro atoms. The van der Waals surface area contributed by atoms with Gasteiger partial charge in [-0.25, -0.2) is 4.98 Å². The first kappa shape index (κ1) is 20.2. The Morgan fingerprint density at radius 2 is 1.62 bits per heavy atom. The van der Waals surface area contributed by atoms with Crippen molar-refractivity contribution in [3.8, 4) is 22.4 Å². The number of hydrogen-bond donors (Lipinski definition) is 1. The first-order valence-electron chi connectivity index (χ1n) is 7.91. The van der Waals surface area contributed by atoms with Crippen molar-refractivity contribution in [2.24, 2.45) is 0 Å². The zero-order chi connectivity index (χ0) is 19.1. The van der Waals surface area contributed by atoms with E-state index in [1.807, 2.05) is 32.0 Å². The lowest BCUT2D eigenvalue weighted by Crippen LogP contribution is -2.01. The van der Waals surface area contributed by atoms with Crippen LogP contribution >= 0.6 is 34.8 Å². The van der Waals surface area contributed by atoms with Crippen LogP contribution < -0.4 is 5.32 Å². The lowest BCUT2D eigenvalue weighted by Gasteiger charge is -2.14. The van der Waals surface area contributed by atoms with Crippen LogP contribution in [0.3, 0.4) is 0 Å². The molecule has 1 N–H and O–H groups in total. The molecule has 0 aliphatic rings. The van der Waals surface area contributed by atoms with E-state index in [0.717, 1.165) is 16.7 Å². The monoisotopic (exact) mass is 406 g/mol. The molecule has 0 fully saturated rings. The van der Waals surface area contributed by atoms with Crippen LogP contribution in [0.5, 0.6) is 0 Å². The van der Waals surface area contributed by atoms with Crippen LogP contribution in [0.25, 0.3) is 22.4 Å².